The number of rotatable bonds is 2. The van der Waals surface area contributed by atoms with E-state index in [1.807, 2.05) is 0 Å². The third kappa shape index (κ3) is 2.43. The van der Waals surface area contributed by atoms with Crippen LogP contribution in [-0.2, 0) is 6.18 Å². The van der Waals surface area contributed by atoms with Crippen molar-refractivity contribution in [1.82, 2.24) is 4.98 Å². The van der Waals surface area contributed by atoms with E-state index in [0.717, 1.165) is 0 Å². The van der Waals surface area contributed by atoms with Crippen LogP contribution in [0.5, 0.6) is 0 Å². The largest absolute Gasteiger partial charge is 0.478 e. The Morgan fingerprint density at radius 1 is 1.41 bits per heavy atom. The molecule has 0 aliphatic carbocycles. The Hall–Kier alpha value is -1.93. The number of nitrogens with two attached hydrogens (primary N) is 1. The number of aromatic nitrogens is 1. The van der Waals surface area contributed by atoms with Crippen molar-refractivity contribution in [1.29, 1.82) is 0 Å². The highest BCUT2D eigenvalue weighted by Crippen LogP contribution is 2.37. The number of carboxylic acids is 1. The zero-order chi connectivity index (χ0) is 13.4. The monoisotopic (exact) mass is 256 g/mol. The molecule has 0 spiro atoms. The Kier molecular flexibility index (Phi) is 3.21. The van der Waals surface area contributed by atoms with Gasteiger partial charge in [-0.25, -0.2) is 18.6 Å². The molecule has 0 saturated heterocycles. The molecule has 9 heteroatoms. The van der Waals surface area contributed by atoms with Crippen LogP contribution in [0.15, 0.2) is 6.20 Å². The minimum atomic E-state index is -5.10. The fraction of sp³-hybridized carbons (Fsp3) is 0.250. The van der Waals surface area contributed by atoms with Crippen molar-refractivity contribution in [2.45, 2.75) is 12.6 Å². The summed E-state index contributed by atoms with van der Waals surface area (Å²) in [5.74, 6) is -3.08. The van der Waals surface area contributed by atoms with E-state index in [1.54, 1.807) is 0 Å². The maximum absolute atomic E-state index is 12.5. The van der Waals surface area contributed by atoms with E-state index >= 15 is 0 Å². The number of alkyl halides is 5. The molecule has 3 N–H and O–H groups in total. The highest BCUT2D eigenvalue weighted by atomic mass is 19.4. The maximum atomic E-state index is 12.5. The van der Waals surface area contributed by atoms with E-state index in [9.17, 15) is 26.7 Å². The van der Waals surface area contributed by atoms with Crippen LogP contribution in [0.25, 0.3) is 0 Å². The first kappa shape index (κ1) is 13.1. The van der Waals surface area contributed by atoms with E-state index in [1.165, 1.54) is 0 Å². The van der Waals surface area contributed by atoms with Gasteiger partial charge in [-0.1, -0.05) is 0 Å². The summed E-state index contributed by atoms with van der Waals surface area (Å²) in [7, 11) is 0. The van der Waals surface area contributed by atoms with Gasteiger partial charge in [0.15, 0.2) is 0 Å². The number of nitrogen functional groups attached to an aromatic ring is 1. The molecule has 0 fully saturated rings. The number of carbonyl (C=O) groups is 1. The van der Waals surface area contributed by atoms with E-state index in [-0.39, 0.29) is 6.20 Å². The van der Waals surface area contributed by atoms with Crippen molar-refractivity contribution in [2.24, 2.45) is 0 Å². The lowest BCUT2D eigenvalue weighted by atomic mass is 10.0. The van der Waals surface area contributed by atoms with Crippen LogP contribution < -0.4 is 5.73 Å². The molecule has 0 amide bonds. The number of carboxylic acid groups (broad SMARTS) is 1. The van der Waals surface area contributed by atoms with E-state index in [0.29, 0.717) is 0 Å². The first-order valence-corrected chi connectivity index (χ1v) is 4.03. The molecule has 4 nitrogen and oxygen atoms in total. The molecule has 0 atom stereocenters. The molecule has 0 aromatic carbocycles. The predicted octanol–water partition coefficient (Wildman–Crippen LogP) is 2.32. The summed E-state index contributed by atoms with van der Waals surface area (Å²) >= 11 is 0. The quantitative estimate of drug-likeness (QED) is 0.796. The van der Waals surface area contributed by atoms with Crippen LogP contribution in [-0.4, -0.2) is 16.1 Å². The molecule has 94 valence electrons. The van der Waals surface area contributed by atoms with Crippen LogP contribution in [0.1, 0.15) is 27.9 Å². The number of hydrogen-bond acceptors (Lipinski definition) is 3. The third-order valence-electron chi connectivity index (χ3n) is 1.88. The Balaban J connectivity index is 3.66. The topological polar surface area (TPSA) is 76.2 Å². The molecule has 0 aliphatic rings. The normalized spacial score (nSPS) is 11.9. The minimum absolute atomic E-state index is 0.116. The van der Waals surface area contributed by atoms with Gasteiger partial charge in [0.1, 0.15) is 5.82 Å². The highest BCUT2D eigenvalue weighted by molar-refractivity contribution is 5.92. The number of pyridine rings is 1. The second-order valence-electron chi connectivity index (χ2n) is 2.95. The molecule has 0 bridgehead atoms. The molecule has 0 radical (unpaired) electrons. The molecule has 0 saturated carbocycles. The number of halogens is 5. The lowest BCUT2D eigenvalue weighted by Gasteiger charge is -2.14. The molecule has 0 unspecified atom stereocenters. The van der Waals surface area contributed by atoms with Gasteiger partial charge in [0.2, 0.25) is 0 Å². The van der Waals surface area contributed by atoms with Crippen molar-refractivity contribution in [3.63, 3.8) is 0 Å². The summed E-state index contributed by atoms with van der Waals surface area (Å²) in [6, 6.07) is 0. The number of aromatic carboxylic acids is 1. The van der Waals surface area contributed by atoms with Crippen LogP contribution in [0, 0.1) is 0 Å². The zero-order valence-electron chi connectivity index (χ0n) is 7.92. The zero-order valence-corrected chi connectivity index (χ0v) is 7.92. The highest BCUT2D eigenvalue weighted by Gasteiger charge is 2.39. The Labute approximate surface area is 90.9 Å². The van der Waals surface area contributed by atoms with Gasteiger partial charge in [0, 0.05) is 6.20 Å². The number of nitrogens with zero attached hydrogens (tertiary/aromatic N) is 1. The lowest BCUT2D eigenvalue weighted by molar-refractivity contribution is -0.138. The third-order valence-corrected chi connectivity index (χ3v) is 1.88. The Bertz CT molecular complexity index is 458. The summed E-state index contributed by atoms with van der Waals surface area (Å²) < 4.78 is 62.1. The van der Waals surface area contributed by atoms with Gasteiger partial charge >= 0.3 is 12.1 Å². The standard InChI is InChI=1S/C8H5F5N2O2/c9-5(10)4-3(7(16)17)2(8(11,12)13)1-15-6(4)14/h1,5H,(H2,14,15)(H,16,17). The van der Waals surface area contributed by atoms with Crippen molar-refractivity contribution in [3.8, 4) is 0 Å². The average Bonchev–Trinajstić information content (AvgIpc) is 2.14. The summed E-state index contributed by atoms with van der Waals surface area (Å²) in [6.45, 7) is 0. The fourth-order valence-corrected chi connectivity index (χ4v) is 1.21. The number of anilines is 1. The van der Waals surface area contributed by atoms with Crippen LogP contribution in [0.4, 0.5) is 27.8 Å². The van der Waals surface area contributed by atoms with E-state index in [4.69, 9.17) is 10.8 Å². The van der Waals surface area contributed by atoms with Crippen molar-refractivity contribution in [2.75, 3.05) is 5.73 Å². The Morgan fingerprint density at radius 2 is 1.94 bits per heavy atom. The van der Waals surface area contributed by atoms with Gasteiger partial charge in [-0.3, -0.25) is 0 Å². The molecule has 0 aliphatic heterocycles. The van der Waals surface area contributed by atoms with Gasteiger partial charge in [-0.05, 0) is 0 Å². The first-order chi connectivity index (χ1) is 7.66. The van der Waals surface area contributed by atoms with Crippen LogP contribution >= 0.6 is 0 Å². The molecule has 1 aromatic heterocycles. The second kappa shape index (κ2) is 4.15. The molecule has 17 heavy (non-hydrogen) atoms. The van der Waals surface area contributed by atoms with E-state index < -0.39 is 41.1 Å². The van der Waals surface area contributed by atoms with Gasteiger partial charge in [-0.15, -0.1) is 0 Å². The average molecular weight is 256 g/mol. The Morgan fingerprint density at radius 3 is 2.29 bits per heavy atom. The predicted molar refractivity (Wildman–Crippen MR) is 45.6 cm³/mol. The smallest absolute Gasteiger partial charge is 0.418 e. The van der Waals surface area contributed by atoms with Crippen LogP contribution in [0.2, 0.25) is 0 Å². The van der Waals surface area contributed by atoms with Gasteiger partial charge in [-0.2, -0.15) is 13.2 Å². The maximum Gasteiger partial charge on any atom is 0.418 e. The SMILES string of the molecule is Nc1ncc(C(F)(F)F)c(C(=O)O)c1C(F)F. The second-order valence-corrected chi connectivity index (χ2v) is 2.95. The number of hydrogen-bond donors (Lipinski definition) is 2. The summed E-state index contributed by atoms with van der Waals surface area (Å²) in [5, 5.41) is 8.57. The molecular weight excluding hydrogens is 251 g/mol. The van der Waals surface area contributed by atoms with Crippen LogP contribution in [0.3, 0.4) is 0 Å². The van der Waals surface area contributed by atoms with Crippen molar-refractivity contribution >= 4 is 11.8 Å². The lowest BCUT2D eigenvalue weighted by Crippen LogP contribution is -2.18. The van der Waals surface area contributed by atoms with Crippen molar-refractivity contribution < 1.29 is 31.9 Å². The molecular formula is C8H5F5N2O2. The molecule has 1 heterocycles. The van der Waals surface area contributed by atoms with Crippen molar-refractivity contribution in [3.05, 3.63) is 22.9 Å². The fourth-order valence-electron chi connectivity index (χ4n) is 1.21. The minimum Gasteiger partial charge on any atom is -0.478 e. The summed E-state index contributed by atoms with van der Waals surface area (Å²) in [6.07, 6.45) is -8.45. The summed E-state index contributed by atoms with van der Waals surface area (Å²) in [5.41, 5.74) is 0.202. The van der Waals surface area contributed by atoms with E-state index in [2.05, 4.69) is 4.98 Å². The van der Waals surface area contributed by atoms with Gasteiger partial charge in [0.05, 0.1) is 16.7 Å². The first-order valence-electron chi connectivity index (χ1n) is 4.03. The van der Waals surface area contributed by atoms with Gasteiger partial charge in [0.25, 0.3) is 6.43 Å². The molecule has 1 aromatic rings. The summed E-state index contributed by atoms with van der Waals surface area (Å²) in [4.78, 5) is 13.6. The molecule has 1 rings (SSSR count). The van der Waals surface area contributed by atoms with Gasteiger partial charge < -0.3 is 10.8 Å².